The first kappa shape index (κ1) is 17.7. The highest BCUT2D eigenvalue weighted by Gasteiger charge is 2.12. The first-order valence-corrected chi connectivity index (χ1v) is 7.86. The molecule has 1 atom stereocenters. The molecule has 0 fully saturated rings. The number of allylic oxidation sites excluding steroid dienone is 3. The number of hydrogen-bond donors (Lipinski definition) is 2. The van der Waals surface area contributed by atoms with Gasteiger partial charge in [0.1, 0.15) is 0 Å². The van der Waals surface area contributed by atoms with Crippen molar-refractivity contribution >= 4 is 0 Å². The van der Waals surface area contributed by atoms with Crippen LogP contribution in [0.2, 0.25) is 0 Å². The first-order valence-electron chi connectivity index (χ1n) is 7.86. The van der Waals surface area contributed by atoms with E-state index in [1.54, 1.807) is 0 Å². The molecule has 2 nitrogen and oxygen atoms in total. The van der Waals surface area contributed by atoms with E-state index in [0.29, 0.717) is 0 Å². The van der Waals surface area contributed by atoms with Crippen molar-refractivity contribution in [1.82, 2.24) is 0 Å². The van der Waals surface area contributed by atoms with Gasteiger partial charge in [0, 0.05) is 6.04 Å². The maximum absolute atomic E-state index is 6.14. The fourth-order valence-electron chi connectivity index (χ4n) is 1.99. The second-order valence-electron chi connectivity index (χ2n) is 6.35. The molecule has 4 N–H and O–H groups in total. The van der Waals surface area contributed by atoms with Gasteiger partial charge in [-0.1, -0.05) is 68.5 Å². The quantitative estimate of drug-likeness (QED) is 0.524. The maximum atomic E-state index is 6.14. The zero-order chi connectivity index (χ0) is 15.6. The molecular formula is C19H30N2. The van der Waals surface area contributed by atoms with E-state index in [1.807, 2.05) is 18.2 Å². The van der Waals surface area contributed by atoms with Crippen molar-refractivity contribution in [3.8, 4) is 0 Å². The Labute approximate surface area is 129 Å². The first-order chi connectivity index (χ1) is 10.0. The monoisotopic (exact) mass is 286 g/mol. The number of unbranched alkanes of at least 4 members (excludes halogenated alkanes) is 1. The van der Waals surface area contributed by atoms with Crippen LogP contribution in [0, 0.1) is 5.41 Å². The summed E-state index contributed by atoms with van der Waals surface area (Å²) in [5.41, 5.74) is 13.3. The zero-order valence-corrected chi connectivity index (χ0v) is 13.5. The molecule has 0 radical (unpaired) electrons. The third-order valence-corrected chi connectivity index (χ3v) is 3.67. The summed E-state index contributed by atoms with van der Waals surface area (Å²) in [6.07, 6.45) is 13.0. The molecule has 2 heteroatoms. The van der Waals surface area contributed by atoms with Crippen LogP contribution in [0.3, 0.4) is 0 Å². The average Bonchev–Trinajstić information content (AvgIpc) is 2.50. The summed E-state index contributed by atoms with van der Waals surface area (Å²) in [5, 5.41) is 0. The number of benzene rings is 1. The molecular weight excluding hydrogens is 256 g/mol. The lowest BCUT2D eigenvalue weighted by molar-refractivity contribution is 0.384. The van der Waals surface area contributed by atoms with Gasteiger partial charge in [0.2, 0.25) is 0 Å². The van der Waals surface area contributed by atoms with Crippen molar-refractivity contribution in [2.45, 2.75) is 45.6 Å². The van der Waals surface area contributed by atoms with Gasteiger partial charge >= 0.3 is 0 Å². The summed E-state index contributed by atoms with van der Waals surface area (Å²) >= 11 is 0. The molecule has 0 aliphatic carbocycles. The zero-order valence-electron chi connectivity index (χ0n) is 13.5. The van der Waals surface area contributed by atoms with Crippen LogP contribution in [0.5, 0.6) is 0 Å². The summed E-state index contributed by atoms with van der Waals surface area (Å²) in [4.78, 5) is 0. The normalized spacial score (nSPS) is 14.1. The van der Waals surface area contributed by atoms with Gasteiger partial charge in [-0.25, -0.2) is 0 Å². The Morgan fingerprint density at radius 2 is 1.62 bits per heavy atom. The molecule has 0 saturated heterocycles. The number of rotatable bonds is 9. The Balaban J connectivity index is 2.17. The molecule has 21 heavy (non-hydrogen) atoms. The van der Waals surface area contributed by atoms with E-state index in [1.165, 1.54) is 5.56 Å². The molecule has 1 unspecified atom stereocenters. The van der Waals surface area contributed by atoms with Gasteiger partial charge in [-0.15, -0.1) is 0 Å². The molecule has 1 aromatic carbocycles. The van der Waals surface area contributed by atoms with Crippen LogP contribution in [0.15, 0.2) is 54.6 Å². The van der Waals surface area contributed by atoms with Crippen LogP contribution in [0.1, 0.15) is 51.1 Å². The predicted molar refractivity (Wildman–Crippen MR) is 93.0 cm³/mol. The Morgan fingerprint density at radius 3 is 2.24 bits per heavy atom. The van der Waals surface area contributed by atoms with Crippen molar-refractivity contribution in [2.24, 2.45) is 16.9 Å². The van der Waals surface area contributed by atoms with Gasteiger partial charge < -0.3 is 11.5 Å². The fraction of sp³-hybridized carbons (Fsp3) is 0.474. The molecule has 0 saturated carbocycles. The minimum atomic E-state index is 0.100. The minimum absolute atomic E-state index is 0.100. The third-order valence-electron chi connectivity index (χ3n) is 3.67. The number of hydrogen-bond acceptors (Lipinski definition) is 2. The summed E-state index contributed by atoms with van der Waals surface area (Å²) < 4.78 is 0. The molecule has 0 spiro atoms. The van der Waals surface area contributed by atoms with Gasteiger partial charge in [0.15, 0.2) is 0 Å². The summed E-state index contributed by atoms with van der Waals surface area (Å²) in [7, 11) is 0. The van der Waals surface area contributed by atoms with Crippen LogP contribution in [-0.2, 0) is 0 Å². The van der Waals surface area contributed by atoms with Crippen LogP contribution in [-0.4, -0.2) is 6.54 Å². The van der Waals surface area contributed by atoms with Gasteiger partial charge in [-0.3, -0.25) is 0 Å². The molecule has 0 amide bonds. The Kier molecular flexibility index (Phi) is 8.03. The molecule has 1 rings (SSSR count). The second kappa shape index (κ2) is 9.54. The summed E-state index contributed by atoms with van der Waals surface area (Å²) in [5.74, 6) is 0. The number of nitrogens with two attached hydrogens (primary N) is 2. The highest BCUT2D eigenvalue weighted by Crippen LogP contribution is 2.18. The van der Waals surface area contributed by atoms with Gasteiger partial charge in [-0.05, 0) is 43.2 Å². The molecule has 116 valence electrons. The molecule has 0 bridgehead atoms. The highest BCUT2D eigenvalue weighted by molar-refractivity contribution is 5.19. The van der Waals surface area contributed by atoms with Gasteiger partial charge in [-0.2, -0.15) is 0 Å². The van der Waals surface area contributed by atoms with Crippen molar-refractivity contribution < 1.29 is 0 Å². The van der Waals surface area contributed by atoms with E-state index >= 15 is 0 Å². The predicted octanol–water partition coefficient (Wildman–Crippen LogP) is 4.34. The lowest BCUT2D eigenvalue weighted by Gasteiger charge is -2.19. The lowest BCUT2D eigenvalue weighted by atomic mass is 9.89. The van der Waals surface area contributed by atoms with Crippen molar-refractivity contribution in [3.05, 3.63) is 60.2 Å². The SMILES string of the molecule is CC(C)(CN)C/C=C/CC/C=C/CC(N)c1ccccc1. The lowest BCUT2D eigenvalue weighted by Crippen LogP contribution is -2.22. The van der Waals surface area contributed by atoms with Crippen LogP contribution in [0.25, 0.3) is 0 Å². The van der Waals surface area contributed by atoms with Crippen LogP contribution < -0.4 is 11.5 Å². The standard InChI is InChI=1S/C19H30N2/c1-19(2,16-20)15-11-6-4-3-5-10-14-18(21)17-12-8-7-9-13-17/h5-13,18H,3-4,14-16,20-21H2,1-2H3/b10-5+,11-6+. The van der Waals surface area contributed by atoms with Crippen LogP contribution in [0.4, 0.5) is 0 Å². The van der Waals surface area contributed by atoms with E-state index < -0.39 is 0 Å². The smallest absolute Gasteiger partial charge is 0.0329 e. The maximum Gasteiger partial charge on any atom is 0.0329 e. The average molecular weight is 286 g/mol. The summed E-state index contributed by atoms with van der Waals surface area (Å²) in [6.45, 7) is 5.12. The van der Waals surface area contributed by atoms with Crippen molar-refractivity contribution in [1.29, 1.82) is 0 Å². The van der Waals surface area contributed by atoms with E-state index in [0.717, 1.165) is 32.2 Å². The molecule has 0 aliphatic rings. The van der Waals surface area contributed by atoms with E-state index in [4.69, 9.17) is 11.5 Å². The van der Waals surface area contributed by atoms with Gasteiger partial charge in [0.25, 0.3) is 0 Å². The minimum Gasteiger partial charge on any atom is -0.330 e. The molecule has 0 heterocycles. The topological polar surface area (TPSA) is 52.0 Å². The van der Waals surface area contributed by atoms with Crippen molar-refractivity contribution in [2.75, 3.05) is 6.54 Å². The second-order valence-corrected chi connectivity index (χ2v) is 6.35. The fourth-order valence-corrected chi connectivity index (χ4v) is 1.99. The van der Waals surface area contributed by atoms with E-state index in [9.17, 15) is 0 Å². The Morgan fingerprint density at radius 1 is 1.00 bits per heavy atom. The van der Waals surface area contributed by atoms with Crippen LogP contribution >= 0.6 is 0 Å². The third kappa shape index (κ3) is 7.84. The van der Waals surface area contributed by atoms with Gasteiger partial charge in [0.05, 0.1) is 0 Å². The Hall–Kier alpha value is -1.38. The molecule has 0 aromatic heterocycles. The van der Waals surface area contributed by atoms with Crippen molar-refractivity contribution in [3.63, 3.8) is 0 Å². The molecule has 0 aliphatic heterocycles. The highest BCUT2D eigenvalue weighted by atomic mass is 14.6. The molecule has 1 aromatic rings. The van der Waals surface area contributed by atoms with E-state index in [2.05, 4.69) is 50.3 Å². The van der Waals surface area contributed by atoms with E-state index in [-0.39, 0.29) is 11.5 Å². The Bertz CT molecular complexity index is 432. The summed E-state index contributed by atoms with van der Waals surface area (Å²) in [6, 6.07) is 10.4. The largest absolute Gasteiger partial charge is 0.330 e.